The zero-order valence-corrected chi connectivity index (χ0v) is 13.9. The molecule has 0 bridgehead atoms. The van der Waals surface area contributed by atoms with E-state index < -0.39 is 17.6 Å². The summed E-state index contributed by atoms with van der Waals surface area (Å²) < 4.78 is 5.51. The summed E-state index contributed by atoms with van der Waals surface area (Å²) in [6.45, 7) is 2.75. The van der Waals surface area contributed by atoms with Crippen LogP contribution in [0.2, 0.25) is 0 Å². The van der Waals surface area contributed by atoms with Gasteiger partial charge in [-0.1, -0.05) is 49.4 Å². The van der Waals surface area contributed by atoms with Gasteiger partial charge in [0, 0.05) is 0 Å². The highest BCUT2D eigenvalue weighted by atomic mass is 16.5. The van der Waals surface area contributed by atoms with Gasteiger partial charge in [0.05, 0.1) is 18.7 Å². The molecule has 0 spiro atoms. The number of hydrogen-bond acceptors (Lipinski definition) is 4. The van der Waals surface area contributed by atoms with Crippen LogP contribution in [0.25, 0.3) is 5.57 Å². The molecule has 2 aromatic carbocycles. The maximum atomic E-state index is 12.6. The first-order valence-electron chi connectivity index (χ1n) is 8.18. The molecule has 25 heavy (non-hydrogen) atoms. The van der Waals surface area contributed by atoms with Gasteiger partial charge in [-0.3, -0.25) is 14.5 Å². The van der Waals surface area contributed by atoms with Crippen molar-refractivity contribution in [3.8, 4) is 5.75 Å². The lowest BCUT2D eigenvalue weighted by Crippen LogP contribution is -2.31. The number of ether oxygens (including phenoxy) is 1. The van der Waals surface area contributed by atoms with E-state index in [4.69, 9.17) is 4.74 Å². The van der Waals surface area contributed by atoms with Gasteiger partial charge >= 0.3 is 0 Å². The van der Waals surface area contributed by atoms with Gasteiger partial charge in [0.1, 0.15) is 5.75 Å². The molecule has 1 aliphatic heterocycles. The van der Waals surface area contributed by atoms with Crippen LogP contribution in [0.3, 0.4) is 0 Å². The molecule has 128 valence electrons. The number of amides is 2. The minimum atomic E-state index is -0.671. The molecule has 0 aromatic heterocycles. The van der Waals surface area contributed by atoms with E-state index in [1.165, 1.54) is 0 Å². The van der Waals surface area contributed by atoms with E-state index >= 15 is 0 Å². The Hall–Kier alpha value is -3.08. The van der Waals surface area contributed by atoms with Crippen LogP contribution < -0.4 is 4.74 Å². The normalized spacial score (nSPS) is 14.4. The van der Waals surface area contributed by atoms with E-state index in [1.54, 1.807) is 24.3 Å². The Morgan fingerprint density at radius 2 is 1.64 bits per heavy atom. The van der Waals surface area contributed by atoms with E-state index in [2.05, 4.69) is 0 Å². The standard InChI is InChI=1S/C20H19NO4/c1-2-12-25-16-10-8-15(9-11-16)17-18(22)20(24)21(19(17)23)13-14-6-4-3-5-7-14/h3-11,22H,2,12-13H2,1H3. The first-order valence-corrected chi connectivity index (χ1v) is 8.18. The summed E-state index contributed by atoms with van der Waals surface area (Å²) in [6.07, 6.45) is 0.898. The average Bonchev–Trinajstić information content (AvgIpc) is 2.85. The number of carbonyl (C=O) groups is 2. The minimum Gasteiger partial charge on any atom is -0.502 e. The topological polar surface area (TPSA) is 66.8 Å². The van der Waals surface area contributed by atoms with Crippen molar-refractivity contribution in [1.29, 1.82) is 0 Å². The number of carbonyl (C=O) groups excluding carboxylic acids is 2. The lowest BCUT2D eigenvalue weighted by Gasteiger charge is -2.14. The summed E-state index contributed by atoms with van der Waals surface area (Å²) in [6, 6.07) is 16.0. The third kappa shape index (κ3) is 3.40. The Labute approximate surface area is 146 Å². The fourth-order valence-electron chi connectivity index (χ4n) is 2.67. The molecule has 0 radical (unpaired) electrons. The molecule has 3 rings (SSSR count). The van der Waals surface area contributed by atoms with Crippen molar-refractivity contribution < 1.29 is 19.4 Å². The highest BCUT2D eigenvalue weighted by molar-refractivity contribution is 6.34. The molecule has 1 heterocycles. The SMILES string of the molecule is CCCOc1ccc(C2=C(O)C(=O)N(Cc3ccccc3)C2=O)cc1. The minimum absolute atomic E-state index is 0.0305. The van der Waals surface area contributed by atoms with Crippen LogP contribution in [0.4, 0.5) is 0 Å². The van der Waals surface area contributed by atoms with Crippen molar-refractivity contribution in [1.82, 2.24) is 4.90 Å². The second kappa shape index (κ2) is 7.21. The van der Waals surface area contributed by atoms with E-state index in [1.807, 2.05) is 37.3 Å². The van der Waals surface area contributed by atoms with Gasteiger partial charge in [-0.2, -0.15) is 0 Å². The molecule has 2 amide bonds. The van der Waals surface area contributed by atoms with Gasteiger partial charge in [-0.05, 0) is 29.7 Å². The molecule has 0 aliphatic carbocycles. The van der Waals surface area contributed by atoms with Crippen LogP contribution in [-0.4, -0.2) is 28.4 Å². The Kier molecular flexibility index (Phi) is 4.84. The van der Waals surface area contributed by atoms with Gasteiger partial charge in [0.15, 0.2) is 5.76 Å². The second-order valence-electron chi connectivity index (χ2n) is 5.78. The van der Waals surface area contributed by atoms with Gasteiger partial charge in [0.25, 0.3) is 11.8 Å². The van der Waals surface area contributed by atoms with E-state index in [0.717, 1.165) is 16.9 Å². The molecule has 0 unspecified atom stereocenters. The number of benzene rings is 2. The molecule has 1 N–H and O–H groups in total. The van der Waals surface area contributed by atoms with E-state index in [9.17, 15) is 14.7 Å². The first-order chi connectivity index (χ1) is 12.1. The lowest BCUT2D eigenvalue weighted by atomic mass is 10.1. The number of rotatable bonds is 6. The lowest BCUT2D eigenvalue weighted by molar-refractivity contribution is -0.138. The molecule has 0 saturated heterocycles. The van der Waals surface area contributed by atoms with Gasteiger partial charge in [0.2, 0.25) is 0 Å². The Bertz CT molecular complexity index is 809. The molecule has 2 aromatic rings. The maximum absolute atomic E-state index is 12.6. The smallest absolute Gasteiger partial charge is 0.296 e. The van der Waals surface area contributed by atoms with Crippen molar-refractivity contribution in [3.63, 3.8) is 0 Å². The van der Waals surface area contributed by atoms with Crippen LogP contribution >= 0.6 is 0 Å². The quantitative estimate of drug-likeness (QED) is 0.821. The maximum Gasteiger partial charge on any atom is 0.296 e. The zero-order chi connectivity index (χ0) is 17.8. The fourth-order valence-corrected chi connectivity index (χ4v) is 2.67. The van der Waals surface area contributed by atoms with Crippen molar-refractivity contribution >= 4 is 17.4 Å². The van der Waals surface area contributed by atoms with Crippen LogP contribution in [0.5, 0.6) is 5.75 Å². The predicted molar refractivity (Wildman–Crippen MR) is 93.8 cm³/mol. The molecule has 0 fully saturated rings. The highest BCUT2D eigenvalue weighted by Gasteiger charge is 2.39. The predicted octanol–water partition coefficient (Wildman–Crippen LogP) is 3.31. The van der Waals surface area contributed by atoms with Crippen molar-refractivity contribution in [2.24, 2.45) is 0 Å². The van der Waals surface area contributed by atoms with Crippen LogP contribution in [0, 0.1) is 0 Å². The van der Waals surface area contributed by atoms with Gasteiger partial charge in [-0.25, -0.2) is 0 Å². The number of aliphatic hydroxyl groups is 1. The molecule has 5 nitrogen and oxygen atoms in total. The van der Waals surface area contributed by atoms with Crippen molar-refractivity contribution in [3.05, 3.63) is 71.5 Å². The Morgan fingerprint density at radius 3 is 2.28 bits per heavy atom. The zero-order valence-electron chi connectivity index (χ0n) is 13.9. The molecular formula is C20H19NO4. The summed E-state index contributed by atoms with van der Waals surface area (Å²) in [5, 5.41) is 10.2. The number of hydrogen-bond donors (Lipinski definition) is 1. The van der Waals surface area contributed by atoms with Gasteiger partial charge < -0.3 is 9.84 Å². The Balaban J connectivity index is 1.82. The van der Waals surface area contributed by atoms with Gasteiger partial charge in [-0.15, -0.1) is 0 Å². The van der Waals surface area contributed by atoms with Crippen molar-refractivity contribution in [2.75, 3.05) is 6.61 Å². The summed E-state index contributed by atoms with van der Waals surface area (Å²) >= 11 is 0. The molecule has 0 atom stereocenters. The van der Waals surface area contributed by atoms with Crippen LogP contribution in [-0.2, 0) is 16.1 Å². The number of aliphatic hydroxyl groups excluding tert-OH is 1. The first kappa shape index (κ1) is 16.8. The highest BCUT2D eigenvalue weighted by Crippen LogP contribution is 2.30. The summed E-state index contributed by atoms with van der Waals surface area (Å²) in [7, 11) is 0. The summed E-state index contributed by atoms with van der Waals surface area (Å²) in [5.74, 6) is -0.990. The summed E-state index contributed by atoms with van der Waals surface area (Å²) in [4.78, 5) is 26.0. The summed E-state index contributed by atoms with van der Waals surface area (Å²) in [5.41, 5.74) is 1.35. The van der Waals surface area contributed by atoms with Crippen molar-refractivity contribution in [2.45, 2.75) is 19.9 Å². The van der Waals surface area contributed by atoms with Crippen LogP contribution in [0.15, 0.2) is 60.4 Å². The average molecular weight is 337 g/mol. The third-order valence-electron chi connectivity index (χ3n) is 3.94. The fraction of sp³-hybridized carbons (Fsp3) is 0.200. The van der Waals surface area contributed by atoms with E-state index in [-0.39, 0.29) is 12.1 Å². The van der Waals surface area contributed by atoms with E-state index in [0.29, 0.717) is 17.9 Å². The Morgan fingerprint density at radius 1 is 0.960 bits per heavy atom. The largest absolute Gasteiger partial charge is 0.502 e. The number of nitrogens with zero attached hydrogens (tertiary/aromatic N) is 1. The monoisotopic (exact) mass is 337 g/mol. The molecular weight excluding hydrogens is 318 g/mol. The number of imide groups is 1. The molecule has 5 heteroatoms. The second-order valence-corrected chi connectivity index (χ2v) is 5.78. The molecule has 0 saturated carbocycles. The molecule has 1 aliphatic rings. The van der Waals surface area contributed by atoms with Crippen LogP contribution in [0.1, 0.15) is 24.5 Å². The third-order valence-corrected chi connectivity index (χ3v) is 3.94.